The van der Waals surface area contributed by atoms with Gasteiger partial charge in [-0.2, -0.15) is 0 Å². The van der Waals surface area contributed by atoms with Crippen LogP contribution >= 0.6 is 0 Å². The predicted octanol–water partition coefficient (Wildman–Crippen LogP) is 2.30. The minimum absolute atomic E-state index is 0.193. The minimum atomic E-state index is -0.193. The number of benzene rings is 1. The van der Waals surface area contributed by atoms with Crippen molar-refractivity contribution in [3.05, 3.63) is 48.8 Å². The first-order valence-corrected chi connectivity index (χ1v) is 7.14. The van der Waals surface area contributed by atoms with Crippen molar-refractivity contribution in [2.45, 2.75) is 26.4 Å². The molecule has 2 N–H and O–H groups in total. The molecule has 1 aromatic carbocycles. The van der Waals surface area contributed by atoms with Gasteiger partial charge in [-0.15, -0.1) is 5.10 Å². The van der Waals surface area contributed by atoms with E-state index in [1.165, 1.54) is 0 Å². The van der Waals surface area contributed by atoms with Crippen LogP contribution in [0.4, 0.5) is 0 Å². The number of nitrogens with two attached hydrogens (primary N) is 1. The van der Waals surface area contributed by atoms with Crippen LogP contribution in [0.3, 0.4) is 0 Å². The molecule has 0 aliphatic heterocycles. The van der Waals surface area contributed by atoms with Gasteiger partial charge in [0.2, 0.25) is 0 Å². The van der Waals surface area contributed by atoms with Crippen LogP contribution in [0.25, 0.3) is 5.69 Å². The minimum Gasteiger partial charge on any atom is -0.424 e. The standard InChI is InChI=1S/C15H18N6O/c1-3-21-14(11(2)16)18-19-15(21)22-13-6-4-5-12(9-13)20-8-7-17-10-20/h4-11H,3,16H2,1-2H3/t11-/m1/s1. The van der Waals surface area contributed by atoms with Gasteiger partial charge < -0.3 is 15.0 Å². The van der Waals surface area contributed by atoms with Gasteiger partial charge in [-0.3, -0.25) is 4.57 Å². The first kappa shape index (κ1) is 14.3. The van der Waals surface area contributed by atoms with Crippen molar-refractivity contribution in [1.82, 2.24) is 24.3 Å². The molecule has 7 heteroatoms. The van der Waals surface area contributed by atoms with Crippen LogP contribution in [0.15, 0.2) is 43.0 Å². The van der Waals surface area contributed by atoms with Crippen LogP contribution < -0.4 is 10.5 Å². The topological polar surface area (TPSA) is 83.8 Å². The second kappa shape index (κ2) is 5.98. The summed E-state index contributed by atoms with van der Waals surface area (Å²) in [6, 6.07) is 7.94. The zero-order chi connectivity index (χ0) is 15.5. The molecule has 0 fully saturated rings. The average Bonchev–Trinajstić information content (AvgIpc) is 3.16. The maximum Gasteiger partial charge on any atom is 0.322 e. The predicted molar refractivity (Wildman–Crippen MR) is 81.9 cm³/mol. The summed E-state index contributed by atoms with van der Waals surface area (Å²) in [4.78, 5) is 4.04. The maximum atomic E-state index is 5.90. The lowest BCUT2D eigenvalue weighted by atomic mass is 10.3. The fourth-order valence-corrected chi connectivity index (χ4v) is 2.23. The van der Waals surface area contributed by atoms with E-state index in [4.69, 9.17) is 10.5 Å². The van der Waals surface area contributed by atoms with Crippen molar-refractivity contribution in [3.63, 3.8) is 0 Å². The molecule has 0 saturated heterocycles. The molecule has 2 heterocycles. The average molecular weight is 298 g/mol. The van der Waals surface area contributed by atoms with E-state index >= 15 is 0 Å². The molecule has 0 radical (unpaired) electrons. The normalized spacial score (nSPS) is 12.3. The summed E-state index contributed by atoms with van der Waals surface area (Å²) >= 11 is 0. The Balaban J connectivity index is 1.89. The van der Waals surface area contributed by atoms with Crippen LogP contribution in [0.1, 0.15) is 25.7 Å². The number of nitrogens with zero attached hydrogens (tertiary/aromatic N) is 5. The maximum absolute atomic E-state index is 5.90. The van der Waals surface area contributed by atoms with Gasteiger partial charge in [-0.1, -0.05) is 11.2 Å². The van der Waals surface area contributed by atoms with Crippen LogP contribution in [-0.4, -0.2) is 24.3 Å². The molecule has 0 amide bonds. The molecule has 2 aromatic heterocycles. The van der Waals surface area contributed by atoms with E-state index in [2.05, 4.69) is 15.2 Å². The number of imidazole rings is 1. The molecule has 22 heavy (non-hydrogen) atoms. The van der Waals surface area contributed by atoms with Crippen molar-refractivity contribution in [2.75, 3.05) is 0 Å². The van der Waals surface area contributed by atoms with E-state index < -0.39 is 0 Å². The highest BCUT2D eigenvalue weighted by molar-refractivity contribution is 5.40. The van der Waals surface area contributed by atoms with E-state index in [1.807, 2.05) is 53.4 Å². The van der Waals surface area contributed by atoms with Crippen LogP contribution in [0.2, 0.25) is 0 Å². The molecule has 0 spiro atoms. The number of ether oxygens (including phenoxy) is 1. The quantitative estimate of drug-likeness (QED) is 0.781. The van der Waals surface area contributed by atoms with Gasteiger partial charge >= 0.3 is 6.01 Å². The third-order valence-corrected chi connectivity index (χ3v) is 3.30. The summed E-state index contributed by atoms with van der Waals surface area (Å²) in [5, 5.41) is 8.19. The summed E-state index contributed by atoms with van der Waals surface area (Å²) in [6.07, 6.45) is 5.35. The van der Waals surface area contributed by atoms with Gasteiger partial charge in [0.15, 0.2) is 5.82 Å². The van der Waals surface area contributed by atoms with Crippen molar-refractivity contribution in [3.8, 4) is 17.4 Å². The van der Waals surface area contributed by atoms with E-state index in [9.17, 15) is 0 Å². The molecular formula is C15H18N6O. The first-order valence-electron chi connectivity index (χ1n) is 7.14. The summed E-state index contributed by atoms with van der Waals surface area (Å²) < 4.78 is 9.65. The molecule has 3 rings (SSSR count). The lowest BCUT2D eigenvalue weighted by Gasteiger charge is -2.10. The Labute approximate surface area is 128 Å². The molecule has 0 aliphatic carbocycles. The fourth-order valence-electron chi connectivity index (χ4n) is 2.23. The summed E-state index contributed by atoms with van der Waals surface area (Å²) in [5.41, 5.74) is 6.86. The molecule has 0 unspecified atom stereocenters. The Hall–Kier alpha value is -2.67. The summed E-state index contributed by atoms with van der Waals surface area (Å²) in [6.45, 7) is 4.57. The molecule has 0 aliphatic rings. The zero-order valence-corrected chi connectivity index (χ0v) is 12.5. The van der Waals surface area contributed by atoms with E-state index in [0.717, 1.165) is 5.69 Å². The number of hydrogen-bond acceptors (Lipinski definition) is 5. The van der Waals surface area contributed by atoms with Gasteiger partial charge in [0.1, 0.15) is 5.75 Å². The van der Waals surface area contributed by atoms with E-state index in [1.54, 1.807) is 12.5 Å². The Morgan fingerprint density at radius 1 is 1.32 bits per heavy atom. The fraction of sp³-hybridized carbons (Fsp3) is 0.267. The van der Waals surface area contributed by atoms with Crippen molar-refractivity contribution in [2.24, 2.45) is 5.73 Å². The van der Waals surface area contributed by atoms with Gasteiger partial charge in [0.05, 0.1) is 18.1 Å². The molecule has 7 nitrogen and oxygen atoms in total. The molecule has 1 atom stereocenters. The van der Waals surface area contributed by atoms with Gasteiger partial charge in [0, 0.05) is 25.0 Å². The van der Waals surface area contributed by atoms with E-state index in [-0.39, 0.29) is 6.04 Å². The lowest BCUT2D eigenvalue weighted by molar-refractivity contribution is 0.409. The van der Waals surface area contributed by atoms with Crippen LogP contribution in [0.5, 0.6) is 11.8 Å². The van der Waals surface area contributed by atoms with Crippen molar-refractivity contribution < 1.29 is 4.74 Å². The number of rotatable bonds is 5. The highest BCUT2D eigenvalue weighted by Crippen LogP contribution is 2.24. The van der Waals surface area contributed by atoms with E-state index in [0.29, 0.717) is 24.1 Å². The third kappa shape index (κ3) is 2.71. The zero-order valence-electron chi connectivity index (χ0n) is 12.5. The van der Waals surface area contributed by atoms with Gasteiger partial charge in [-0.05, 0) is 26.0 Å². The SMILES string of the molecule is CCn1c(Oc2cccc(-n3ccnc3)c2)nnc1[C@@H](C)N. The lowest BCUT2D eigenvalue weighted by Crippen LogP contribution is -2.13. The first-order chi connectivity index (χ1) is 10.7. The largest absolute Gasteiger partial charge is 0.424 e. The third-order valence-electron chi connectivity index (χ3n) is 3.30. The highest BCUT2D eigenvalue weighted by atomic mass is 16.5. The Morgan fingerprint density at radius 3 is 2.86 bits per heavy atom. The molecular weight excluding hydrogens is 280 g/mol. The highest BCUT2D eigenvalue weighted by Gasteiger charge is 2.15. The van der Waals surface area contributed by atoms with Gasteiger partial charge in [-0.25, -0.2) is 4.98 Å². The Bertz CT molecular complexity index is 747. The molecule has 0 bridgehead atoms. The molecule has 0 saturated carbocycles. The van der Waals surface area contributed by atoms with Gasteiger partial charge in [0.25, 0.3) is 0 Å². The Kier molecular flexibility index (Phi) is 3.88. The summed E-state index contributed by atoms with van der Waals surface area (Å²) in [7, 11) is 0. The second-order valence-electron chi connectivity index (χ2n) is 4.94. The molecule has 3 aromatic rings. The number of hydrogen-bond donors (Lipinski definition) is 1. The summed E-state index contributed by atoms with van der Waals surface area (Å²) in [5.74, 6) is 1.40. The Morgan fingerprint density at radius 2 is 2.18 bits per heavy atom. The second-order valence-corrected chi connectivity index (χ2v) is 4.94. The van der Waals surface area contributed by atoms with Crippen LogP contribution in [0, 0.1) is 0 Å². The smallest absolute Gasteiger partial charge is 0.322 e. The number of aromatic nitrogens is 5. The van der Waals surface area contributed by atoms with Crippen molar-refractivity contribution >= 4 is 0 Å². The van der Waals surface area contributed by atoms with Crippen LogP contribution in [-0.2, 0) is 6.54 Å². The molecule has 114 valence electrons. The van der Waals surface area contributed by atoms with Crippen molar-refractivity contribution in [1.29, 1.82) is 0 Å². The monoisotopic (exact) mass is 298 g/mol.